The summed E-state index contributed by atoms with van der Waals surface area (Å²) in [6.07, 6.45) is 0. The van der Waals surface area contributed by atoms with Crippen LogP contribution in [0.4, 0.5) is 11.4 Å². The van der Waals surface area contributed by atoms with Crippen molar-refractivity contribution < 1.29 is 9.00 Å². The van der Waals surface area contributed by atoms with Gasteiger partial charge in [-0.1, -0.05) is 12.1 Å². The van der Waals surface area contributed by atoms with Crippen LogP contribution in [0.1, 0.15) is 26.3 Å². The van der Waals surface area contributed by atoms with Gasteiger partial charge in [-0.25, -0.2) is 0 Å². The topological polar surface area (TPSA) is 72.2 Å². The molecule has 1 unspecified atom stereocenters. The number of carbonyl (C=O) groups is 1. The summed E-state index contributed by atoms with van der Waals surface area (Å²) in [5.74, 6) is -0.290. The van der Waals surface area contributed by atoms with Crippen molar-refractivity contribution in [1.29, 1.82) is 0 Å². The van der Waals surface area contributed by atoms with Gasteiger partial charge in [0.05, 0.1) is 11.4 Å². The molecule has 0 aliphatic carbocycles. The number of benzene rings is 1. The number of nitrogens with one attached hydrogen (secondary N) is 1. The minimum Gasteiger partial charge on any atom is -0.397 e. The molecular formula is C13H20N2O2S. The molecule has 1 atom stereocenters. The molecule has 0 saturated heterocycles. The molecular weight excluding hydrogens is 248 g/mol. The molecule has 3 N–H and O–H groups in total. The summed E-state index contributed by atoms with van der Waals surface area (Å²) in [6, 6.07) is 5.42. The zero-order valence-electron chi connectivity index (χ0n) is 11.2. The Morgan fingerprint density at radius 3 is 2.50 bits per heavy atom. The predicted molar refractivity (Wildman–Crippen MR) is 77.0 cm³/mol. The van der Waals surface area contributed by atoms with Crippen LogP contribution in [0.15, 0.2) is 18.2 Å². The first-order valence-electron chi connectivity index (χ1n) is 5.75. The zero-order valence-corrected chi connectivity index (χ0v) is 12.1. The summed E-state index contributed by atoms with van der Waals surface area (Å²) in [5, 5.41) is 2.72. The Balaban J connectivity index is 2.75. The van der Waals surface area contributed by atoms with E-state index in [0.29, 0.717) is 11.4 Å². The molecule has 1 aromatic rings. The lowest BCUT2D eigenvalue weighted by molar-refractivity contribution is -0.113. The first kappa shape index (κ1) is 14.7. The number of amides is 1. The highest BCUT2D eigenvalue weighted by atomic mass is 32.2. The molecule has 0 heterocycles. The predicted octanol–water partition coefficient (Wildman–Crippen LogP) is 2.06. The molecule has 0 fully saturated rings. The first-order chi connectivity index (χ1) is 8.21. The van der Waals surface area contributed by atoms with Gasteiger partial charge in [-0.15, -0.1) is 0 Å². The molecule has 1 aromatic carbocycles. The quantitative estimate of drug-likeness (QED) is 0.824. The van der Waals surface area contributed by atoms with Crippen molar-refractivity contribution in [3.8, 4) is 0 Å². The van der Waals surface area contributed by atoms with Crippen LogP contribution in [-0.2, 0) is 15.6 Å². The molecule has 0 bridgehead atoms. The van der Waals surface area contributed by atoms with Crippen LogP contribution < -0.4 is 11.1 Å². The highest BCUT2D eigenvalue weighted by Gasteiger charge is 2.22. The van der Waals surface area contributed by atoms with E-state index >= 15 is 0 Å². The van der Waals surface area contributed by atoms with Gasteiger partial charge in [0.2, 0.25) is 5.91 Å². The molecule has 0 spiro atoms. The van der Waals surface area contributed by atoms with E-state index in [4.69, 9.17) is 5.73 Å². The van der Waals surface area contributed by atoms with Crippen molar-refractivity contribution >= 4 is 28.1 Å². The number of hydrogen-bond donors (Lipinski definition) is 2. The zero-order chi connectivity index (χ0) is 13.9. The number of para-hydroxylation sites is 1. The lowest BCUT2D eigenvalue weighted by atomic mass is 10.1. The van der Waals surface area contributed by atoms with E-state index in [2.05, 4.69) is 5.32 Å². The normalized spacial score (nSPS) is 13.1. The number of hydrogen-bond acceptors (Lipinski definition) is 3. The molecule has 0 radical (unpaired) electrons. The summed E-state index contributed by atoms with van der Waals surface area (Å²) in [4.78, 5) is 11.8. The number of rotatable bonds is 3. The van der Waals surface area contributed by atoms with Gasteiger partial charge < -0.3 is 11.1 Å². The van der Waals surface area contributed by atoms with Crippen LogP contribution in [0.2, 0.25) is 0 Å². The van der Waals surface area contributed by atoms with Crippen LogP contribution >= 0.6 is 0 Å². The van der Waals surface area contributed by atoms with E-state index in [-0.39, 0.29) is 11.7 Å². The van der Waals surface area contributed by atoms with E-state index in [1.807, 2.05) is 39.8 Å². The van der Waals surface area contributed by atoms with Gasteiger partial charge in [0.15, 0.2) is 0 Å². The third kappa shape index (κ3) is 3.84. The van der Waals surface area contributed by atoms with Crippen LogP contribution in [-0.4, -0.2) is 20.6 Å². The summed E-state index contributed by atoms with van der Waals surface area (Å²) >= 11 is 0. The van der Waals surface area contributed by atoms with Crippen LogP contribution in [0.5, 0.6) is 0 Å². The number of anilines is 2. The average Bonchev–Trinajstić information content (AvgIpc) is 2.22. The van der Waals surface area contributed by atoms with Crippen molar-refractivity contribution in [2.45, 2.75) is 32.4 Å². The second-order valence-electron chi connectivity index (χ2n) is 5.19. The van der Waals surface area contributed by atoms with Crippen LogP contribution in [0, 0.1) is 6.92 Å². The monoisotopic (exact) mass is 268 g/mol. The lowest BCUT2D eigenvalue weighted by Crippen LogP contribution is -2.30. The van der Waals surface area contributed by atoms with Gasteiger partial charge in [-0.2, -0.15) is 0 Å². The number of aryl methyl sites for hydroxylation is 1. The first-order valence-corrected chi connectivity index (χ1v) is 7.07. The number of nitrogen functional groups attached to an aromatic ring is 1. The molecule has 0 aliphatic rings. The van der Waals surface area contributed by atoms with Gasteiger partial charge in [-0.3, -0.25) is 9.00 Å². The average molecular weight is 268 g/mol. The number of carbonyl (C=O) groups excluding carboxylic acids is 1. The Hall–Kier alpha value is -1.36. The van der Waals surface area contributed by atoms with Gasteiger partial charge >= 0.3 is 0 Å². The molecule has 1 amide bonds. The maximum atomic E-state index is 11.9. The van der Waals surface area contributed by atoms with E-state index < -0.39 is 15.5 Å². The summed E-state index contributed by atoms with van der Waals surface area (Å²) in [6.45, 7) is 7.41. The largest absolute Gasteiger partial charge is 0.397 e. The SMILES string of the molecule is Cc1cccc(N)c1NC(=O)CS(=O)C(C)(C)C. The maximum absolute atomic E-state index is 11.9. The van der Waals surface area contributed by atoms with Gasteiger partial charge in [-0.05, 0) is 39.3 Å². The molecule has 1 rings (SSSR count). The van der Waals surface area contributed by atoms with Gasteiger partial charge in [0, 0.05) is 15.5 Å². The van der Waals surface area contributed by atoms with E-state index in [1.54, 1.807) is 6.07 Å². The fraction of sp³-hybridized carbons (Fsp3) is 0.462. The second kappa shape index (κ2) is 5.52. The van der Waals surface area contributed by atoms with E-state index in [1.165, 1.54) is 0 Å². The minimum absolute atomic E-state index is 0.0166. The maximum Gasteiger partial charge on any atom is 0.237 e. The lowest BCUT2D eigenvalue weighted by Gasteiger charge is -2.18. The third-order valence-electron chi connectivity index (χ3n) is 2.51. The Kier molecular flexibility index (Phi) is 4.51. The Bertz CT molecular complexity index is 458. The molecule has 18 heavy (non-hydrogen) atoms. The van der Waals surface area contributed by atoms with Crippen molar-refractivity contribution in [3.63, 3.8) is 0 Å². The van der Waals surface area contributed by atoms with Crippen LogP contribution in [0.3, 0.4) is 0 Å². The standard InChI is InChI=1S/C13H20N2O2S/c1-9-6-5-7-10(14)12(9)15-11(16)8-18(17)13(2,3)4/h5-7H,8,14H2,1-4H3,(H,15,16). The van der Waals surface area contributed by atoms with Crippen LogP contribution in [0.25, 0.3) is 0 Å². The van der Waals surface area contributed by atoms with E-state index in [0.717, 1.165) is 5.56 Å². The summed E-state index contributed by atoms with van der Waals surface area (Å²) in [7, 11) is -1.21. The second-order valence-corrected chi connectivity index (χ2v) is 7.39. The smallest absolute Gasteiger partial charge is 0.237 e. The Labute approximate surface area is 110 Å². The fourth-order valence-corrected chi connectivity index (χ4v) is 2.12. The van der Waals surface area contributed by atoms with Gasteiger partial charge in [0.1, 0.15) is 5.75 Å². The summed E-state index contributed by atoms with van der Waals surface area (Å²) < 4.78 is 11.5. The molecule has 5 heteroatoms. The van der Waals surface area contributed by atoms with Crippen molar-refractivity contribution in [2.24, 2.45) is 0 Å². The van der Waals surface area contributed by atoms with Crippen molar-refractivity contribution in [1.82, 2.24) is 0 Å². The van der Waals surface area contributed by atoms with E-state index in [9.17, 15) is 9.00 Å². The summed E-state index contributed by atoms with van der Waals surface area (Å²) in [5.41, 5.74) is 7.81. The Morgan fingerprint density at radius 2 is 2.00 bits per heavy atom. The Morgan fingerprint density at radius 1 is 1.39 bits per heavy atom. The number of nitrogens with two attached hydrogens (primary N) is 1. The molecule has 100 valence electrons. The van der Waals surface area contributed by atoms with Crippen molar-refractivity contribution in [2.75, 3.05) is 16.8 Å². The van der Waals surface area contributed by atoms with Gasteiger partial charge in [0.25, 0.3) is 0 Å². The third-order valence-corrected chi connectivity index (χ3v) is 4.41. The fourth-order valence-electron chi connectivity index (χ4n) is 1.37. The highest BCUT2D eigenvalue weighted by molar-refractivity contribution is 7.87. The molecule has 0 aromatic heterocycles. The molecule has 0 saturated carbocycles. The minimum atomic E-state index is -1.21. The molecule has 0 aliphatic heterocycles. The van der Waals surface area contributed by atoms with Crippen molar-refractivity contribution in [3.05, 3.63) is 23.8 Å². The highest BCUT2D eigenvalue weighted by Crippen LogP contribution is 2.22. The molecule has 4 nitrogen and oxygen atoms in total.